The highest BCUT2D eigenvalue weighted by atomic mass is 31.3. The summed E-state index contributed by atoms with van der Waals surface area (Å²) in [5.74, 6) is 0. The molecule has 0 aromatic carbocycles. The summed E-state index contributed by atoms with van der Waals surface area (Å²) in [6.45, 7) is 2.96. The highest BCUT2D eigenvalue weighted by molar-refractivity contribution is 7.78. The summed E-state index contributed by atoms with van der Waals surface area (Å²) in [4.78, 5) is 0. The van der Waals surface area contributed by atoms with Crippen molar-refractivity contribution < 1.29 is 21.0 Å². The van der Waals surface area contributed by atoms with Gasteiger partial charge in [-0.15, -0.1) is 30.3 Å². The average molecular weight is 272 g/mol. The highest BCUT2D eigenvalue weighted by Crippen LogP contribution is 2.80. The van der Waals surface area contributed by atoms with Crippen molar-refractivity contribution in [3.63, 3.8) is 0 Å². The lowest BCUT2D eigenvalue weighted by Crippen LogP contribution is -1.94. The van der Waals surface area contributed by atoms with Gasteiger partial charge in [-0.25, -0.2) is 0 Å². The van der Waals surface area contributed by atoms with Crippen LogP contribution in [0.3, 0.4) is 0 Å². The summed E-state index contributed by atoms with van der Waals surface area (Å²) in [5, 5.41) is 1.58. The molecule has 1 atom stereocenters. The molecule has 82 valence electrons. The van der Waals surface area contributed by atoms with E-state index in [1.165, 1.54) is 0 Å². The molecule has 0 aromatic heterocycles. The van der Waals surface area contributed by atoms with E-state index in [1.54, 1.807) is 5.09 Å². The van der Waals surface area contributed by atoms with Crippen molar-refractivity contribution in [1.29, 1.82) is 0 Å². The fourth-order valence-electron chi connectivity index (χ4n) is 0.636. The van der Waals surface area contributed by atoms with E-state index in [-0.39, 0.29) is 0 Å². The van der Waals surface area contributed by atoms with Crippen LogP contribution in [0.1, 0.15) is 0 Å². The quantitative estimate of drug-likeness (QED) is 0.529. The molecule has 1 heterocycles. The molecule has 0 fully saturated rings. The molecule has 1 N–H and O–H groups in total. The third-order valence-corrected chi connectivity index (χ3v) is 6.77. The normalized spacial score (nSPS) is 33.2. The lowest BCUT2D eigenvalue weighted by Gasteiger charge is -2.15. The molecule has 1 unspecified atom stereocenters. The second-order valence-electron chi connectivity index (χ2n) is 2.04. The fraction of sp³-hybridized carbons (Fsp3) is 0. The molecular formula is C2H4F5N4P3. The van der Waals surface area contributed by atoms with Crippen molar-refractivity contribution in [1.82, 2.24) is 5.09 Å². The summed E-state index contributed by atoms with van der Waals surface area (Å²) in [6.07, 6.45) is 0.659. The maximum Gasteiger partial charge on any atom is 0.424 e. The SMILES string of the molecule is C=CNP1(F)=NP(F)(F)=NP(F)(F)=N1. The molecule has 1 rings (SSSR count). The molecule has 0 radical (unpaired) electrons. The number of rotatable bonds is 2. The Morgan fingerprint density at radius 3 is 1.86 bits per heavy atom. The molecule has 0 saturated heterocycles. The summed E-state index contributed by atoms with van der Waals surface area (Å²) in [5.41, 5.74) is 0. The van der Waals surface area contributed by atoms with E-state index in [0.29, 0.717) is 6.20 Å². The van der Waals surface area contributed by atoms with Crippen LogP contribution >= 0.6 is 23.3 Å². The lowest BCUT2D eigenvalue weighted by atomic mass is 11.1. The van der Waals surface area contributed by atoms with Gasteiger partial charge < -0.3 is 5.09 Å². The minimum Gasteiger partial charge on any atom is -0.317 e. The Morgan fingerprint density at radius 2 is 1.43 bits per heavy atom. The standard InChI is InChI=1S/C2H4F5N4P3/c1-2-8-14(7)10-12(3,4)9-13(5,6)11-14/h2,8H,1H2. The molecule has 4 nitrogen and oxygen atoms in total. The number of hydrogen-bond donors (Lipinski definition) is 1. The van der Waals surface area contributed by atoms with Crippen LogP contribution in [0.5, 0.6) is 0 Å². The molecular weight excluding hydrogens is 268 g/mol. The highest BCUT2D eigenvalue weighted by Gasteiger charge is 2.38. The maximum atomic E-state index is 13.2. The predicted octanol–water partition coefficient (Wildman–Crippen LogP) is 5.42. The van der Waals surface area contributed by atoms with Crippen LogP contribution in [0.4, 0.5) is 21.0 Å². The molecule has 0 aromatic rings. The van der Waals surface area contributed by atoms with Gasteiger partial charge >= 0.3 is 23.3 Å². The van der Waals surface area contributed by atoms with E-state index >= 15 is 0 Å². The molecule has 0 aliphatic carbocycles. The van der Waals surface area contributed by atoms with Crippen LogP contribution in [0.25, 0.3) is 0 Å². The minimum atomic E-state index is -5.59. The van der Waals surface area contributed by atoms with Gasteiger partial charge in [0.2, 0.25) is 0 Å². The van der Waals surface area contributed by atoms with Crippen molar-refractivity contribution in [2.24, 2.45) is 13.5 Å². The summed E-state index contributed by atoms with van der Waals surface area (Å²) in [7, 11) is -15.9. The Balaban J connectivity index is 3.40. The van der Waals surface area contributed by atoms with E-state index in [4.69, 9.17) is 0 Å². The van der Waals surface area contributed by atoms with E-state index in [1.807, 2.05) is 4.52 Å². The second kappa shape index (κ2) is 3.47. The number of halogens is 5. The average Bonchev–Trinajstić information content (AvgIpc) is 1.75. The Morgan fingerprint density at radius 1 is 0.929 bits per heavy atom. The summed E-state index contributed by atoms with van der Waals surface area (Å²) >= 11 is 0. The zero-order valence-electron chi connectivity index (χ0n) is 6.36. The molecule has 1 aliphatic rings. The van der Waals surface area contributed by atoms with Crippen LogP contribution in [0.2, 0.25) is 0 Å². The molecule has 0 amide bonds. The van der Waals surface area contributed by atoms with Gasteiger partial charge in [0.05, 0.1) is 0 Å². The Hall–Kier alpha value is -0.120. The van der Waals surface area contributed by atoms with Gasteiger partial charge in [0.1, 0.15) is 0 Å². The van der Waals surface area contributed by atoms with Gasteiger partial charge in [0, 0.05) is 0 Å². The van der Waals surface area contributed by atoms with Crippen LogP contribution in [-0.4, -0.2) is 0 Å². The maximum absolute atomic E-state index is 13.2. The van der Waals surface area contributed by atoms with Gasteiger partial charge in [-0.2, -0.15) is 4.20 Å². The topological polar surface area (TPSA) is 49.1 Å². The first-order valence-corrected chi connectivity index (χ1v) is 7.50. The Labute approximate surface area is 76.6 Å². The summed E-state index contributed by atoms with van der Waals surface area (Å²) in [6, 6.07) is 0. The van der Waals surface area contributed by atoms with Crippen molar-refractivity contribution in [3.05, 3.63) is 12.8 Å². The summed E-state index contributed by atoms with van der Waals surface area (Å²) < 4.78 is 69.6. The monoisotopic (exact) mass is 272 g/mol. The van der Waals surface area contributed by atoms with Gasteiger partial charge in [-0.3, -0.25) is 0 Å². The van der Waals surface area contributed by atoms with Crippen molar-refractivity contribution >= 4 is 23.3 Å². The van der Waals surface area contributed by atoms with Crippen molar-refractivity contribution in [2.45, 2.75) is 0 Å². The Kier molecular flexibility index (Phi) is 2.96. The second-order valence-corrected chi connectivity index (χ2v) is 7.32. The predicted molar refractivity (Wildman–Crippen MR) is 46.9 cm³/mol. The number of nitrogens with zero attached hydrogens (tertiary/aromatic N) is 3. The third kappa shape index (κ3) is 2.94. The molecule has 1 aliphatic heterocycles. The fourth-order valence-corrected chi connectivity index (χ4v) is 5.99. The first-order valence-electron chi connectivity index (χ1n) is 2.97. The third-order valence-electron chi connectivity index (χ3n) is 0.923. The van der Waals surface area contributed by atoms with Crippen molar-refractivity contribution in [2.75, 3.05) is 0 Å². The van der Waals surface area contributed by atoms with Gasteiger partial charge in [-0.1, -0.05) is 6.58 Å². The smallest absolute Gasteiger partial charge is 0.317 e. The van der Waals surface area contributed by atoms with E-state index in [9.17, 15) is 21.0 Å². The molecule has 0 bridgehead atoms. The zero-order valence-corrected chi connectivity index (χ0v) is 9.04. The zero-order chi connectivity index (χ0) is 11.0. The number of hydrogen-bond acceptors (Lipinski definition) is 4. The van der Waals surface area contributed by atoms with Gasteiger partial charge in [-0.05, 0) is 6.20 Å². The van der Waals surface area contributed by atoms with Crippen molar-refractivity contribution in [3.8, 4) is 0 Å². The molecule has 0 saturated carbocycles. The molecule has 0 spiro atoms. The lowest BCUT2D eigenvalue weighted by molar-refractivity contribution is 0.695. The van der Waals surface area contributed by atoms with E-state index in [0.717, 1.165) is 0 Å². The van der Waals surface area contributed by atoms with Crippen LogP contribution in [0, 0.1) is 0 Å². The molecule has 14 heavy (non-hydrogen) atoms. The largest absolute Gasteiger partial charge is 0.424 e. The van der Waals surface area contributed by atoms with Crippen LogP contribution < -0.4 is 5.09 Å². The van der Waals surface area contributed by atoms with Gasteiger partial charge in [0.15, 0.2) is 0 Å². The van der Waals surface area contributed by atoms with Crippen LogP contribution in [-0.2, 0) is 0 Å². The van der Waals surface area contributed by atoms with E-state index in [2.05, 4.69) is 15.6 Å². The van der Waals surface area contributed by atoms with E-state index < -0.39 is 23.3 Å². The first kappa shape index (κ1) is 12.0. The van der Waals surface area contributed by atoms with Gasteiger partial charge in [0.25, 0.3) is 0 Å². The molecule has 12 heteroatoms. The minimum absolute atomic E-state index is 0.659. The first-order chi connectivity index (χ1) is 6.18. The van der Waals surface area contributed by atoms with Crippen LogP contribution in [0.15, 0.2) is 26.3 Å². The Bertz CT molecular complexity index is 407. The number of nitrogens with one attached hydrogen (secondary N) is 1.